The van der Waals surface area contributed by atoms with E-state index >= 15 is 0 Å². The van der Waals surface area contributed by atoms with Gasteiger partial charge in [0.15, 0.2) is 0 Å². The largest absolute Gasteiger partial charge is 0.430 e. The van der Waals surface area contributed by atoms with Crippen LogP contribution in [0.25, 0.3) is 0 Å². The number of hydrogen-bond donors (Lipinski definition) is 1. The Hall–Kier alpha value is -1.12. The molecule has 42 valence electrons. The van der Waals surface area contributed by atoms with Gasteiger partial charge in [0.25, 0.3) is 0 Å². The van der Waals surface area contributed by atoms with E-state index in [-0.39, 0.29) is 5.71 Å². The summed E-state index contributed by atoms with van der Waals surface area (Å²) in [7, 11) is 0. The van der Waals surface area contributed by atoms with Gasteiger partial charge in [-0.3, -0.25) is 5.41 Å². The molecule has 0 aromatic heterocycles. The Kier molecular flexibility index (Phi) is 1.12. The maximum Gasteiger partial charge on any atom is 0.357 e. The lowest BCUT2D eigenvalue weighted by Gasteiger charge is -2.02. The van der Waals surface area contributed by atoms with Crippen molar-refractivity contribution in [1.82, 2.24) is 0 Å². The maximum absolute atomic E-state index is 10.3. The van der Waals surface area contributed by atoms with E-state index in [0.717, 1.165) is 0 Å². The smallest absolute Gasteiger partial charge is 0.357 e. The van der Waals surface area contributed by atoms with E-state index in [1.807, 2.05) is 0 Å². The number of esters is 1. The van der Waals surface area contributed by atoms with Gasteiger partial charge in [-0.2, -0.15) is 0 Å². The Morgan fingerprint density at radius 3 is 2.88 bits per heavy atom. The third-order valence-electron chi connectivity index (χ3n) is 0.840. The molecule has 0 amide bonds. The lowest BCUT2D eigenvalue weighted by molar-refractivity contribution is -0.130. The quantitative estimate of drug-likeness (QED) is 0.462. The van der Waals surface area contributed by atoms with Gasteiger partial charge in [0.05, 0.1) is 6.26 Å². The Bertz CT molecular complexity index is 142. The minimum Gasteiger partial charge on any atom is -0.430 e. The summed E-state index contributed by atoms with van der Waals surface area (Å²) < 4.78 is 4.35. The van der Waals surface area contributed by atoms with Crippen LogP contribution in [0.5, 0.6) is 0 Å². The molecule has 0 aromatic rings. The highest BCUT2D eigenvalue weighted by Gasteiger charge is 2.10. The van der Waals surface area contributed by atoms with Gasteiger partial charge in [0.2, 0.25) is 0 Å². The first kappa shape index (κ1) is 5.03. The number of carbonyl (C=O) groups is 1. The molecule has 0 aromatic carbocycles. The second-order valence-corrected chi connectivity index (χ2v) is 1.46. The highest BCUT2D eigenvalue weighted by Crippen LogP contribution is 1.97. The molecule has 1 N–H and O–H groups in total. The first-order valence-electron chi connectivity index (χ1n) is 2.24. The van der Waals surface area contributed by atoms with Crippen molar-refractivity contribution in [3.05, 3.63) is 12.3 Å². The van der Waals surface area contributed by atoms with Crippen LogP contribution in [0.2, 0.25) is 0 Å². The molecule has 0 bridgehead atoms. The number of hydrogen-bond acceptors (Lipinski definition) is 3. The van der Waals surface area contributed by atoms with Gasteiger partial charge >= 0.3 is 5.97 Å². The van der Waals surface area contributed by atoms with Crippen LogP contribution in [0.3, 0.4) is 0 Å². The molecular formula is C5H5NO2. The normalized spacial score (nSPS) is 18.5. The average molecular weight is 111 g/mol. The molecule has 0 atom stereocenters. The van der Waals surface area contributed by atoms with E-state index in [2.05, 4.69) is 4.74 Å². The van der Waals surface area contributed by atoms with Crippen LogP contribution in [-0.2, 0) is 9.53 Å². The molecule has 3 heteroatoms. The molecule has 0 fully saturated rings. The summed E-state index contributed by atoms with van der Waals surface area (Å²) >= 11 is 0. The fourth-order valence-electron chi connectivity index (χ4n) is 0.430. The van der Waals surface area contributed by atoms with Crippen LogP contribution in [0.1, 0.15) is 6.42 Å². The average Bonchev–Trinajstić information content (AvgIpc) is 1.77. The number of ether oxygens (including phenoxy) is 1. The zero-order chi connectivity index (χ0) is 5.98. The third kappa shape index (κ3) is 0.753. The predicted octanol–water partition coefficient (Wildman–Crippen LogP) is 0.467. The maximum atomic E-state index is 10.3. The highest BCUT2D eigenvalue weighted by molar-refractivity contribution is 6.36. The SMILES string of the molecule is N=C1CC=COC1=O. The van der Waals surface area contributed by atoms with Crippen molar-refractivity contribution in [1.29, 1.82) is 5.41 Å². The summed E-state index contributed by atoms with van der Waals surface area (Å²) in [5, 5.41) is 6.87. The van der Waals surface area contributed by atoms with E-state index in [1.165, 1.54) is 6.26 Å². The molecule has 0 aliphatic carbocycles. The fraction of sp³-hybridized carbons (Fsp3) is 0.200. The summed E-state index contributed by atoms with van der Waals surface area (Å²) in [6, 6.07) is 0. The molecule has 0 spiro atoms. The summed E-state index contributed by atoms with van der Waals surface area (Å²) in [4.78, 5) is 10.3. The number of allylic oxidation sites excluding steroid dienone is 1. The van der Waals surface area contributed by atoms with E-state index in [1.54, 1.807) is 6.08 Å². The van der Waals surface area contributed by atoms with Crippen LogP contribution in [-0.4, -0.2) is 11.7 Å². The van der Waals surface area contributed by atoms with Crippen LogP contribution < -0.4 is 0 Å². The summed E-state index contributed by atoms with van der Waals surface area (Å²) in [5.41, 5.74) is 0.0208. The highest BCUT2D eigenvalue weighted by atomic mass is 16.5. The van der Waals surface area contributed by atoms with Gasteiger partial charge in [0.1, 0.15) is 5.71 Å². The minimum atomic E-state index is -0.535. The molecular weight excluding hydrogens is 106 g/mol. The monoisotopic (exact) mass is 111 g/mol. The number of nitrogens with one attached hydrogen (secondary N) is 1. The Morgan fingerprint density at radius 2 is 2.50 bits per heavy atom. The van der Waals surface area contributed by atoms with E-state index in [0.29, 0.717) is 6.42 Å². The zero-order valence-electron chi connectivity index (χ0n) is 4.18. The fourth-order valence-corrected chi connectivity index (χ4v) is 0.430. The second-order valence-electron chi connectivity index (χ2n) is 1.46. The number of carbonyl (C=O) groups excluding carboxylic acids is 1. The lowest BCUT2D eigenvalue weighted by Crippen LogP contribution is -2.15. The molecule has 1 aliphatic heterocycles. The Balaban J connectivity index is 2.71. The first-order valence-corrected chi connectivity index (χ1v) is 2.24. The van der Waals surface area contributed by atoms with Gasteiger partial charge in [-0.25, -0.2) is 4.79 Å². The summed E-state index contributed by atoms with van der Waals surface area (Å²) in [6.45, 7) is 0. The van der Waals surface area contributed by atoms with Crippen LogP contribution in [0.4, 0.5) is 0 Å². The molecule has 1 aliphatic rings. The molecule has 1 heterocycles. The molecule has 1 rings (SSSR count). The van der Waals surface area contributed by atoms with Crippen molar-refractivity contribution in [2.24, 2.45) is 0 Å². The van der Waals surface area contributed by atoms with Gasteiger partial charge in [-0.05, 0) is 6.08 Å². The lowest BCUT2D eigenvalue weighted by atomic mass is 10.2. The Morgan fingerprint density at radius 1 is 1.75 bits per heavy atom. The van der Waals surface area contributed by atoms with Gasteiger partial charge in [-0.1, -0.05) is 0 Å². The van der Waals surface area contributed by atoms with Crippen LogP contribution in [0.15, 0.2) is 12.3 Å². The molecule has 0 unspecified atom stereocenters. The minimum absolute atomic E-state index is 0.0208. The molecule has 3 nitrogen and oxygen atoms in total. The van der Waals surface area contributed by atoms with Crippen molar-refractivity contribution in [2.45, 2.75) is 6.42 Å². The van der Waals surface area contributed by atoms with E-state index < -0.39 is 5.97 Å². The van der Waals surface area contributed by atoms with Crippen LogP contribution >= 0.6 is 0 Å². The molecule has 0 saturated heterocycles. The van der Waals surface area contributed by atoms with Crippen molar-refractivity contribution in [2.75, 3.05) is 0 Å². The number of rotatable bonds is 0. The van der Waals surface area contributed by atoms with Gasteiger partial charge in [-0.15, -0.1) is 0 Å². The van der Waals surface area contributed by atoms with Gasteiger partial charge in [0, 0.05) is 6.42 Å². The Labute approximate surface area is 46.5 Å². The second kappa shape index (κ2) is 1.78. The van der Waals surface area contributed by atoms with Crippen molar-refractivity contribution >= 4 is 11.7 Å². The zero-order valence-corrected chi connectivity index (χ0v) is 4.18. The van der Waals surface area contributed by atoms with E-state index in [4.69, 9.17) is 5.41 Å². The number of cyclic esters (lactones) is 1. The first-order chi connectivity index (χ1) is 3.80. The van der Waals surface area contributed by atoms with E-state index in [9.17, 15) is 4.79 Å². The molecule has 0 radical (unpaired) electrons. The summed E-state index contributed by atoms with van der Waals surface area (Å²) in [6.07, 6.45) is 3.34. The van der Waals surface area contributed by atoms with Crippen molar-refractivity contribution < 1.29 is 9.53 Å². The third-order valence-corrected chi connectivity index (χ3v) is 0.840. The molecule has 8 heavy (non-hydrogen) atoms. The summed E-state index contributed by atoms with van der Waals surface area (Å²) in [5.74, 6) is -0.535. The topological polar surface area (TPSA) is 50.1 Å². The standard InChI is InChI=1S/C5H5NO2/c6-4-2-1-3-8-5(4)7/h1,3,6H,2H2. The van der Waals surface area contributed by atoms with Crippen LogP contribution in [0, 0.1) is 5.41 Å². The molecule has 0 saturated carbocycles. The predicted molar refractivity (Wildman–Crippen MR) is 27.6 cm³/mol. The van der Waals surface area contributed by atoms with Crippen molar-refractivity contribution in [3.63, 3.8) is 0 Å². The van der Waals surface area contributed by atoms with Crippen molar-refractivity contribution in [3.8, 4) is 0 Å². The van der Waals surface area contributed by atoms with Gasteiger partial charge < -0.3 is 4.74 Å².